The highest BCUT2D eigenvalue weighted by molar-refractivity contribution is 7.54. The molecule has 0 fully saturated rings. The minimum absolute atomic E-state index is 0.0928. The van der Waals surface area contributed by atoms with Crippen molar-refractivity contribution in [2.24, 2.45) is 0 Å². The van der Waals surface area contributed by atoms with Gasteiger partial charge in [-0.3, -0.25) is 4.57 Å². The van der Waals surface area contributed by atoms with Gasteiger partial charge in [-0.05, 0) is 37.1 Å². The van der Waals surface area contributed by atoms with Gasteiger partial charge in [0.2, 0.25) is 0 Å². The zero-order chi connectivity index (χ0) is 20.4. The van der Waals surface area contributed by atoms with E-state index in [2.05, 4.69) is 5.32 Å². The van der Waals surface area contributed by atoms with Crippen LogP contribution in [0.5, 0.6) is 5.75 Å². The summed E-state index contributed by atoms with van der Waals surface area (Å²) in [6.45, 7) is 3.86. The first-order valence-electron chi connectivity index (χ1n) is 9.02. The molecule has 2 rings (SSSR count). The molecule has 8 heteroatoms. The SMILES string of the molecule is CCOP(=O)(OCC)[C@@H](NC(=O)OCc1ccccc1)c1ccc(OC)cc1. The van der Waals surface area contributed by atoms with Crippen molar-refractivity contribution in [3.05, 3.63) is 65.7 Å². The van der Waals surface area contributed by atoms with E-state index in [1.165, 1.54) is 0 Å². The zero-order valence-corrected chi connectivity index (χ0v) is 17.2. The predicted molar refractivity (Wildman–Crippen MR) is 106 cm³/mol. The third-order valence-corrected chi connectivity index (χ3v) is 6.13. The number of hydrogen-bond acceptors (Lipinski definition) is 6. The monoisotopic (exact) mass is 407 g/mol. The van der Waals surface area contributed by atoms with E-state index >= 15 is 0 Å². The summed E-state index contributed by atoms with van der Waals surface area (Å²) in [6.07, 6.45) is -0.718. The van der Waals surface area contributed by atoms with Gasteiger partial charge in [-0.15, -0.1) is 0 Å². The number of nitrogens with one attached hydrogen (secondary N) is 1. The van der Waals surface area contributed by atoms with Crippen LogP contribution < -0.4 is 10.1 Å². The van der Waals surface area contributed by atoms with Gasteiger partial charge in [0.25, 0.3) is 0 Å². The van der Waals surface area contributed by atoms with Crippen molar-refractivity contribution < 1.29 is 27.9 Å². The summed E-state index contributed by atoms with van der Waals surface area (Å²) in [4.78, 5) is 12.4. The molecule has 0 aromatic heterocycles. The summed E-state index contributed by atoms with van der Waals surface area (Å²) >= 11 is 0. The minimum Gasteiger partial charge on any atom is -0.497 e. The van der Waals surface area contributed by atoms with E-state index in [4.69, 9.17) is 18.5 Å². The molecule has 7 nitrogen and oxygen atoms in total. The number of carbonyl (C=O) groups is 1. The summed E-state index contributed by atoms with van der Waals surface area (Å²) in [6, 6.07) is 16.1. The first-order valence-corrected chi connectivity index (χ1v) is 10.6. The Kier molecular flexibility index (Phi) is 8.51. The number of ether oxygens (including phenoxy) is 2. The van der Waals surface area contributed by atoms with Crippen molar-refractivity contribution >= 4 is 13.7 Å². The van der Waals surface area contributed by atoms with Gasteiger partial charge < -0.3 is 23.8 Å². The van der Waals surface area contributed by atoms with Gasteiger partial charge in [0.1, 0.15) is 12.4 Å². The average Bonchev–Trinajstić information content (AvgIpc) is 2.71. The normalized spacial score (nSPS) is 12.2. The molecule has 1 N–H and O–H groups in total. The third-order valence-electron chi connectivity index (χ3n) is 3.83. The molecule has 28 heavy (non-hydrogen) atoms. The van der Waals surface area contributed by atoms with Crippen LogP contribution in [0.1, 0.15) is 30.8 Å². The molecule has 0 unspecified atom stereocenters. The summed E-state index contributed by atoms with van der Waals surface area (Å²) in [5.41, 5.74) is 1.40. The molecule has 2 aromatic rings. The second-order valence-electron chi connectivity index (χ2n) is 5.76. The van der Waals surface area contributed by atoms with Gasteiger partial charge >= 0.3 is 13.7 Å². The van der Waals surface area contributed by atoms with Gasteiger partial charge in [0.05, 0.1) is 20.3 Å². The maximum Gasteiger partial charge on any atom is 0.408 e. The highest BCUT2D eigenvalue weighted by Crippen LogP contribution is 2.59. The number of alkyl carbamates (subject to hydrolysis) is 1. The molecular weight excluding hydrogens is 381 g/mol. The van der Waals surface area contributed by atoms with E-state index in [1.54, 1.807) is 45.2 Å². The molecule has 0 aliphatic heterocycles. The predicted octanol–water partition coefficient (Wildman–Crippen LogP) is 4.89. The lowest BCUT2D eigenvalue weighted by Gasteiger charge is -2.27. The zero-order valence-electron chi connectivity index (χ0n) is 16.3. The minimum atomic E-state index is -3.68. The molecule has 0 aliphatic rings. The smallest absolute Gasteiger partial charge is 0.408 e. The van der Waals surface area contributed by atoms with E-state index in [0.29, 0.717) is 11.3 Å². The summed E-state index contributed by atoms with van der Waals surface area (Å²) in [7, 11) is -2.12. The Labute approximate surface area is 165 Å². The molecule has 0 aliphatic carbocycles. The quantitative estimate of drug-likeness (QED) is 0.565. The van der Waals surface area contributed by atoms with Crippen LogP contribution in [0, 0.1) is 0 Å². The third kappa shape index (κ3) is 6.09. The largest absolute Gasteiger partial charge is 0.497 e. The van der Waals surface area contributed by atoms with Crippen LogP contribution in [0.15, 0.2) is 54.6 Å². The maximum absolute atomic E-state index is 13.3. The van der Waals surface area contributed by atoms with E-state index in [9.17, 15) is 9.36 Å². The maximum atomic E-state index is 13.3. The van der Waals surface area contributed by atoms with Crippen LogP contribution >= 0.6 is 7.60 Å². The number of carbonyl (C=O) groups excluding carboxylic acids is 1. The first kappa shape index (κ1) is 22.0. The van der Waals surface area contributed by atoms with Crippen molar-refractivity contribution in [3.8, 4) is 5.75 Å². The van der Waals surface area contributed by atoms with Crippen molar-refractivity contribution in [2.45, 2.75) is 26.2 Å². The van der Waals surface area contributed by atoms with E-state index in [1.807, 2.05) is 30.3 Å². The van der Waals surface area contributed by atoms with E-state index < -0.39 is 19.5 Å². The van der Waals surface area contributed by atoms with Gasteiger partial charge in [-0.25, -0.2) is 4.79 Å². The van der Waals surface area contributed by atoms with Crippen LogP contribution in [-0.2, 0) is 25.0 Å². The van der Waals surface area contributed by atoms with Crippen LogP contribution in [0.2, 0.25) is 0 Å². The van der Waals surface area contributed by atoms with Gasteiger partial charge in [-0.1, -0.05) is 42.5 Å². The van der Waals surface area contributed by atoms with Crippen LogP contribution in [0.25, 0.3) is 0 Å². The number of benzene rings is 2. The molecule has 1 amide bonds. The standard InChI is InChI=1S/C20H26NO6P/c1-4-26-28(23,27-5-2)19(17-11-13-18(24-3)14-12-17)21-20(22)25-15-16-9-7-6-8-10-16/h6-14,19H,4-5,15H2,1-3H3,(H,21,22)/t19-/m1/s1. The van der Waals surface area contributed by atoms with Crippen LogP contribution in [0.4, 0.5) is 4.79 Å². The lowest BCUT2D eigenvalue weighted by molar-refractivity contribution is 0.134. The number of amides is 1. The molecule has 152 valence electrons. The molecule has 0 bridgehead atoms. The highest BCUT2D eigenvalue weighted by Gasteiger charge is 2.38. The molecular formula is C20H26NO6P. The molecule has 0 saturated carbocycles. The average molecular weight is 407 g/mol. The van der Waals surface area contributed by atoms with Crippen LogP contribution in [-0.4, -0.2) is 26.4 Å². The van der Waals surface area contributed by atoms with Crippen molar-refractivity contribution in [1.82, 2.24) is 5.32 Å². The number of methoxy groups -OCH3 is 1. The van der Waals surface area contributed by atoms with Crippen molar-refractivity contribution in [3.63, 3.8) is 0 Å². The van der Waals surface area contributed by atoms with Gasteiger partial charge in [0, 0.05) is 0 Å². The second-order valence-corrected chi connectivity index (χ2v) is 7.87. The molecule has 0 saturated heterocycles. The molecule has 0 heterocycles. The summed E-state index contributed by atoms with van der Waals surface area (Å²) in [5, 5.41) is 2.64. The Hall–Kier alpha value is -2.34. The summed E-state index contributed by atoms with van der Waals surface area (Å²) in [5.74, 6) is -0.376. The Morgan fingerprint density at radius 3 is 2.14 bits per heavy atom. The van der Waals surface area contributed by atoms with Gasteiger partial charge in [0.15, 0.2) is 5.78 Å². The molecule has 2 aromatic carbocycles. The first-order chi connectivity index (χ1) is 13.5. The fourth-order valence-electron chi connectivity index (χ4n) is 2.55. The molecule has 0 radical (unpaired) electrons. The Morgan fingerprint density at radius 2 is 1.61 bits per heavy atom. The number of hydrogen-bond donors (Lipinski definition) is 1. The fraction of sp³-hybridized carbons (Fsp3) is 0.350. The topological polar surface area (TPSA) is 83.1 Å². The number of rotatable bonds is 10. The van der Waals surface area contributed by atoms with E-state index in [-0.39, 0.29) is 19.8 Å². The fourth-order valence-corrected chi connectivity index (χ4v) is 4.45. The lowest BCUT2D eigenvalue weighted by Crippen LogP contribution is -2.30. The Morgan fingerprint density at radius 1 is 1.00 bits per heavy atom. The molecule has 1 atom stereocenters. The van der Waals surface area contributed by atoms with Crippen molar-refractivity contribution in [2.75, 3.05) is 20.3 Å². The highest BCUT2D eigenvalue weighted by atomic mass is 31.2. The Bertz CT molecular complexity index is 771. The Balaban J connectivity index is 2.21. The summed E-state index contributed by atoms with van der Waals surface area (Å²) < 4.78 is 34.6. The lowest BCUT2D eigenvalue weighted by atomic mass is 10.2. The second kappa shape index (κ2) is 10.9. The van der Waals surface area contributed by atoms with Gasteiger partial charge in [-0.2, -0.15) is 0 Å². The van der Waals surface area contributed by atoms with E-state index in [0.717, 1.165) is 5.56 Å². The molecule has 0 spiro atoms. The van der Waals surface area contributed by atoms with Crippen molar-refractivity contribution in [1.29, 1.82) is 0 Å². The van der Waals surface area contributed by atoms with Crippen LogP contribution in [0.3, 0.4) is 0 Å².